The number of hydrogen-bond donors (Lipinski definition) is 1. The number of fused-ring (bicyclic) bond motifs is 1. The molecule has 2 aromatic carbocycles. The molecule has 0 amide bonds. The number of nitrogens with two attached hydrogens (primary N) is 1. The molecular formula is C17H17ClN2O4S2. The summed E-state index contributed by atoms with van der Waals surface area (Å²) in [6.45, 7) is 1.77. The van der Waals surface area contributed by atoms with Crippen LogP contribution in [0.1, 0.15) is 18.1 Å². The van der Waals surface area contributed by atoms with Crippen molar-refractivity contribution in [3.05, 3.63) is 64.0 Å². The van der Waals surface area contributed by atoms with Crippen LogP contribution in [-0.2, 0) is 26.5 Å². The molecule has 0 saturated carbocycles. The molecule has 1 unspecified atom stereocenters. The number of primary sulfonamides is 1. The molecular weight excluding hydrogens is 396 g/mol. The number of sulfonamides is 2. The largest absolute Gasteiger partial charge is 0.263 e. The number of halogens is 1. The lowest BCUT2D eigenvalue weighted by molar-refractivity contribution is 0.592. The molecule has 0 aliphatic carbocycles. The van der Waals surface area contributed by atoms with Crippen LogP contribution >= 0.6 is 11.6 Å². The Morgan fingerprint density at radius 1 is 1.12 bits per heavy atom. The fraction of sp³-hybridized carbons (Fsp3) is 0.176. The molecule has 0 radical (unpaired) electrons. The Hall–Kier alpha value is -1.87. The summed E-state index contributed by atoms with van der Waals surface area (Å²) >= 11 is 5.82. The Morgan fingerprint density at radius 2 is 1.77 bits per heavy atom. The molecule has 1 aliphatic rings. The lowest BCUT2D eigenvalue weighted by Crippen LogP contribution is -2.34. The quantitative estimate of drug-likeness (QED) is 0.834. The third-order valence-electron chi connectivity index (χ3n) is 4.11. The third kappa shape index (κ3) is 3.78. The van der Waals surface area contributed by atoms with E-state index in [9.17, 15) is 16.8 Å². The van der Waals surface area contributed by atoms with Crippen LogP contribution in [0.2, 0.25) is 5.02 Å². The summed E-state index contributed by atoms with van der Waals surface area (Å²) in [6.07, 6.45) is 1.90. The van der Waals surface area contributed by atoms with Gasteiger partial charge in [-0.1, -0.05) is 23.7 Å². The van der Waals surface area contributed by atoms with Gasteiger partial charge in [0.05, 0.1) is 16.0 Å². The van der Waals surface area contributed by atoms with Gasteiger partial charge < -0.3 is 0 Å². The number of rotatable bonds is 4. The molecule has 2 N–H and O–H groups in total. The minimum Gasteiger partial charge on any atom is -0.263 e. The van der Waals surface area contributed by atoms with Gasteiger partial charge in [0, 0.05) is 11.1 Å². The Morgan fingerprint density at radius 3 is 2.38 bits per heavy atom. The van der Waals surface area contributed by atoms with Crippen molar-refractivity contribution in [3.63, 3.8) is 0 Å². The van der Waals surface area contributed by atoms with Gasteiger partial charge in [0.2, 0.25) is 10.0 Å². The van der Waals surface area contributed by atoms with E-state index in [0.29, 0.717) is 28.3 Å². The summed E-state index contributed by atoms with van der Waals surface area (Å²) < 4.78 is 49.9. The van der Waals surface area contributed by atoms with Crippen molar-refractivity contribution >= 4 is 43.4 Å². The Labute approximate surface area is 158 Å². The van der Waals surface area contributed by atoms with Crippen LogP contribution in [0.5, 0.6) is 0 Å². The predicted molar refractivity (Wildman–Crippen MR) is 103 cm³/mol. The minimum atomic E-state index is -3.84. The Balaban J connectivity index is 1.95. The molecule has 0 bridgehead atoms. The molecule has 0 fully saturated rings. The van der Waals surface area contributed by atoms with Gasteiger partial charge in [-0.25, -0.2) is 22.0 Å². The highest BCUT2D eigenvalue weighted by Crippen LogP contribution is 2.36. The van der Waals surface area contributed by atoms with Crippen molar-refractivity contribution in [1.82, 2.24) is 0 Å². The molecule has 138 valence electrons. The van der Waals surface area contributed by atoms with Crippen LogP contribution in [0.4, 0.5) is 5.69 Å². The molecule has 9 heteroatoms. The van der Waals surface area contributed by atoms with E-state index in [1.165, 1.54) is 28.6 Å². The summed E-state index contributed by atoms with van der Waals surface area (Å²) in [7, 11) is -7.58. The van der Waals surface area contributed by atoms with Crippen molar-refractivity contribution in [1.29, 1.82) is 0 Å². The summed E-state index contributed by atoms with van der Waals surface area (Å²) in [4.78, 5) is -0.0283. The average molecular weight is 413 g/mol. The van der Waals surface area contributed by atoms with Crippen molar-refractivity contribution in [3.8, 4) is 0 Å². The van der Waals surface area contributed by atoms with Gasteiger partial charge in [0.1, 0.15) is 0 Å². The molecule has 0 aromatic heterocycles. The molecule has 6 nitrogen and oxygen atoms in total. The number of benzene rings is 2. The summed E-state index contributed by atoms with van der Waals surface area (Å²) in [5.74, 6) is 0. The van der Waals surface area contributed by atoms with Crippen molar-refractivity contribution in [2.75, 3.05) is 4.31 Å². The molecule has 1 aliphatic heterocycles. The lowest BCUT2D eigenvalue weighted by atomic mass is 10.1. The van der Waals surface area contributed by atoms with Gasteiger partial charge >= 0.3 is 0 Å². The van der Waals surface area contributed by atoms with Crippen LogP contribution in [0.3, 0.4) is 0 Å². The van der Waals surface area contributed by atoms with Crippen LogP contribution in [0.25, 0.3) is 6.08 Å². The lowest BCUT2D eigenvalue weighted by Gasteiger charge is -2.22. The first-order valence-corrected chi connectivity index (χ1v) is 11.1. The Kier molecular flexibility index (Phi) is 4.87. The first kappa shape index (κ1) is 18.9. The maximum Gasteiger partial charge on any atom is 0.257 e. The number of hydrogen-bond acceptors (Lipinski definition) is 4. The number of anilines is 1. The monoisotopic (exact) mass is 412 g/mol. The highest BCUT2D eigenvalue weighted by atomic mass is 35.5. The molecule has 3 rings (SSSR count). The maximum absolute atomic E-state index is 12.8. The smallest absolute Gasteiger partial charge is 0.257 e. The second-order valence-corrected chi connectivity index (χ2v) is 9.78. The van der Waals surface area contributed by atoms with E-state index < -0.39 is 20.0 Å². The highest BCUT2D eigenvalue weighted by Gasteiger charge is 2.34. The Bertz CT molecular complexity index is 1080. The van der Waals surface area contributed by atoms with Crippen LogP contribution in [0.15, 0.2) is 52.8 Å². The third-order valence-corrected chi connectivity index (χ3v) is 6.86. The van der Waals surface area contributed by atoms with E-state index in [1.807, 2.05) is 0 Å². The van der Waals surface area contributed by atoms with Crippen LogP contribution in [0, 0.1) is 0 Å². The molecule has 1 atom stereocenters. The zero-order valence-electron chi connectivity index (χ0n) is 13.8. The van der Waals surface area contributed by atoms with E-state index in [1.54, 1.807) is 31.2 Å². The maximum atomic E-state index is 12.8. The zero-order valence-corrected chi connectivity index (χ0v) is 16.2. The minimum absolute atomic E-state index is 0.0283. The van der Waals surface area contributed by atoms with Gasteiger partial charge in [-0.05, 0) is 60.9 Å². The van der Waals surface area contributed by atoms with Crippen LogP contribution < -0.4 is 9.44 Å². The van der Waals surface area contributed by atoms with Gasteiger partial charge in [-0.2, -0.15) is 0 Å². The molecule has 2 aromatic rings. The standard InChI is InChI=1S/C17H17ClN2O4S2/c1-12-10-14-11-16(26(19,23)24)6-7-17(14)20(12)25(21,22)9-8-13-2-4-15(18)5-3-13/h2-9,11-12H,10H2,1H3,(H2,19,23,24)/b9-8+. The van der Waals surface area contributed by atoms with Crippen LogP contribution in [-0.4, -0.2) is 22.9 Å². The normalized spacial score (nSPS) is 17.7. The van der Waals surface area contributed by atoms with E-state index in [-0.39, 0.29) is 10.9 Å². The van der Waals surface area contributed by atoms with Gasteiger partial charge in [-0.15, -0.1) is 0 Å². The fourth-order valence-corrected chi connectivity index (χ4v) is 5.13. The van der Waals surface area contributed by atoms with Crippen molar-refractivity contribution in [2.24, 2.45) is 5.14 Å². The second kappa shape index (κ2) is 6.70. The molecule has 26 heavy (non-hydrogen) atoms. The van der Waals surface area contributed by atoms with E-state index >= 15 is 0 Å². The molecule has 0 spiro atoms. The highest BCUT2D eigenvalue weighted by molar-refractivity contribution is 7.95. The predicted octanol–water partition coefficient (Wildman–Crippen LogP) is 2.74. The first-order valence-electron chi connectivity index (χ1n) is 7.72. The summed E-state index contributed by atoms with van der Waals surface area (Å²) in [6, 6.07) is 10.7. The second-order valence-electron chi connectivity index (χ2n) is 6.08. The SMILES string of the molecule is CC1Cc2cc(S(N)(=O)=O)ccc2N1S(=O)(=O)/C=C/c1ccc(Cl)cc1. The first-order chi connectivity index (χ1) is 12.1. The fourth-order valence-electron chi connectivity index (χ4n) is 2.95. The van der Waals surface area contributed by atoms with E-state index in [0.717, 1.165) is 5.41 Å². The van der Waals surface area contributed by atoms with Gasteiger partial charge in [0.25, 0.3) is 10.0 Å². The summed E-state index contributed by atoms with van der Waals surface area (Å²) in [5, 5.41) is 6.85. The van der Waals surface area contributed by atoms with Gasteiger partial charge in [0.15, 0.2) is 0 Å². The van der Waals surface area contributed by atoms with Crippen molar-refractivity contribution in [2.45, 2.75) is 24.3 Å². The summed E-state index contributed by atoms with van der Waals surface area (Å²) in [5.41, 5.74) is 1.80. The zero-order chi connectivity index (χ0) is 19.1. The van der Waals surface area contributed by atoms with Gasteiger partial charge in [-0.3, -0.25) is 4.31 Å². The van der Waals surface area contributed by atoms with Crippen molar-refractivity contribution < 1.29 is 16.8 Å². The van der Waals surface area contributed by atoms with E-state index in [4.69, 9.17) is 16.7 Å². The number of nitrogens with zero attached hydrogens (tertiary/aromatic N) is 1. The molecule has 1 heterocycles. The topological polar surface area (TPSA) is 97.5 Å². The van der Waals surface area contributed by atoms with E-state index in [2.05, 4.69) is 0 Å². The average Bonchev–Trinajstić information content (AvgIpc) is 2.89. The molecule has 0 saturated heterocycles.